The maximum atomic E-state index is 14.0. The van der Waals surface area contributed by atoms with E-state index < -0.39 is 6.04 Å². The van der Waals surface area contributed by atoms with Crippen molar-refractivity contribution in [3.63, 3.8) is 0 Å². The molecular formula is C64H89N11O11S. The first-order valence-corrected chi connectivity index (χ1v) is 30.6. The molecule has 5 aromatic rings. The second-order valence-electron chi connectivity index (χ2n) is 20.9. The van der Waals surface area contributed by atoms with Crippen molar-refractivity contribution in [3.8, 4) is 23.0 Å². The van der Waals surface area contributed by atoms with Crippen LogP contribution in [0.2, 0.25) is 0 Å². The molecule has 2 aliphatic rings. The van der Waals surface area contributed by atoms with E-state index in [0.717, 1.165) is 104 Å². The van der Waals surface area contributed by atoms with Gasteiger partial charge >= 0.3 is 0 Å². The van der Waals surface area contributed by atoms with E-state index in [9.17, 15) is 19.2 Å². The van der Waals surface area contributed by atoms with E-state index in [-0.39, 0.29) is 30.2 Å². The van der Waals surface area contributed by atoms with Crippen LogP contribution < -0.4 is 40.7 Å². The van der Waals surface area contributed by atoms with E-state index >= 15 is 0 Å². The number of carbonyl (C=O) groups excluding carboxylic acids is 4. The topological polar surface area (TPSA) is 246 Å². The predicted octanol–water partition coefficient (Wildman–Crippen LogP) is 6.75. The van der Waals surface area contributed by atoms with Crippen molar-refractivity contribution in [1.82, 2.24) is 29.9 Å². The molecule has 23 heteroatoms. The number of benzene rings is 4. The van der Waals surface area contributed by atoms with Gasteiger partial charge in [-0.3, -0.25) is 24.2 Å². The zero-order valence-electron chi connectivity index (χ0n) is 51.2. The van der Waals surface area contributed by atoms with Crippen molar-refractivity contribution in [3.05, 3.63) is 125 Å². The predicted molar refractivity (Wildman–Crippen MR) is 341 cm³/mol. The normalized spacial score (nSPS) is 13.8. The fourth-order valence-electron chi connectivity index (χ4n) is 9.11. The Morgan fingerprint density at radius 3 is 2.01 bits per heavy atom. The highest BCUT2D eigenvalue weighted by atomic mass is 32.1. The summed E-state index contributed by atoms with van der Waals surface area (Å²) in [7, 11) is 9.23. The third-order valence-electron chi connectivity index (χ3n) is 14.4. The number of methoxy groups -OCH3 is 2. The van der Waals surface area contributed by atoms with Crippen LogP contribution in [0.5, 0.6) is 23.0 Å². The number of hydrogen-bond donors (Lipinski definition) is 4. The van der Waals surface area contributed by atoms with Crippen LogP contribution in [0.3, 0.4) is 0 Å². The molecule has 4 amide bonds. The Bertz CT molecular complexity index is 2830. The summed E-state index contributed by atoms with van der Waals surface area (Å²) in [6, 6.07) is 29.2. The molecular weight excluding hydrogens is 1130 g/mol. The molecule has 1 unspecified atom stereocenters. The Morgan fingerprint density at radius 2 is 1.37 bits per heavy atom. The third kappa shape index (κ3) is 25.7. The van der Waals surface area contributed by atoms with E-state index in [2.05, 4.69) is 54.9 Å². The highest BCUT2D eigenvalue weighted by Crippen LogP contribution is 2.36. The Morgan fingerprint density at radius 1 is 0.747 bits per heavy atom. The molecule has 0 spiro atoms. The van der Waals surface area contributed by atoms with Crippen LogP contribution in [0, 0.1) is 0 Å². The maximum Gasteiger partial charge on any atom is 0.247 e. The number of nitrogens with zero attached hydrogens (tertiary/aromatic N) is 7. The SMILES string of the molecule is CNc1nc(CC(=O)N2CCN(C)CC2)cs1.COc1ccc(CNC(=O)C(c2ccc(OC)cc2)N(C(=O)CCc2ccc(OCCCCN(C)CCOCCOCC/C(C=NCCOCCOc3ccc(NC=O)cc3)=N/N)cc2)C2CC2)cc1. The zero-order chi connectivity index (χ0) is 61.9. The maximum absolute atomic E-state index is 14.0. The molecule has 1 aliphatic heterocycles. The van der Waals surface area contributed by atoms with Gasteiger partial charge in [-0.1, -0.05) is 36.4 Å². The number of piperazine rings is 1. The molecule has 2 heterocycles. The molecule has 1 saturated heterocycles. The number of nitrogens with one attached hydrogen (secondary N) is 3. The lowest BCUT2D eigenvalue weighted by atomic mass is 10.0. The largest absolute Gasteiger partial charge is 0.497 e. The van der Waals surface area contributed by atoms with E-state index in [4.69, 9.17) is 39.0 Å². The summed E-state index contributed by atoms with van der Waals surface area (Å²) < 4.78 is 39.3. The average molecular weight is 1220 g/mol. The first-order valence-electron chi connectivity index (χ1n) is 29.8. The Balaban J connectivity index is 0.000000606. The van der Waals surface area contributed by atoms with Gasteiger partial charge in [0.25, 0.3) is 0 Å². The summed E-state index contributed by atoms with van der Waals surface area (Å²) in [5.74, 6) is 8.35. The summed E-state index contributed by atoms with van der Waals surface area (Å²) in [5, 5.41) is 15.2. The Hall–Kier alpha value is -7.67. The summed E-state index contributed by atoms with van der Waals surface area (Å²) in [4.78, 5) is 67.3. The van der Waals surface area contributed by atoms with Gasteiger partial charge < -0.3 is 74.6 Å². The fraction of sp³-hybridized carbons (Fsp3) is 0.484. The first kappa shape index (κ1) is 68.4. The molecule has 1 aliphatic carbocycles. The van der Waals surface area contributed by atoms with E-state index in [1.165, 1.54) is 11.3 Å². The summed E-state index contributed by atoms with van der Waals surface area (Å²) in [5.41, 5.74) is 4.91. The average Bonchev–Trinajstić information content (AvgIpc) is 3.09. The highest BCUT2D eigenvalue weighted by molar-refractivity contribution is 7.13. The number of rotatable bonds is 39. The van der Waals surface area contributed by atoms with Gasteiger partial charge in [0.05, 0.1) is 84.8 Å². The number of thiazole rings is 1. The summed E-state index contributed by atoms with van der Waals surface area (Å²) in [6.07, 6.45) is 7.70. The van der Waals surface area contributed by atoms with Crippen LogP contribution in [-0.2, 0) is 52.8 Å². The molecule has 1 atom stereocenters. The number of nitrogens with two attached hydrogens (primary N) is 1. The van der Waals surface area contributed by atoms with Crippen LogP contribution in [0.25, 0.3) is 0 Å². The van der Waals surface area contributed by atoms with Crippen molar-refractivity contribution in [2.75, 3.05) is 145 Å². The van der Waals surface area contributed by atoms with Crippen molar-refractivity contribution in [2.24, 2.45) is 15.9 Å². The lowest BCUT2D eigenvalue weighted by Crippen LogP contribution is -2.47. The number of likely N-dealkylation sites (N-methyl/N-ethyl adjacent to an activating group) is 2. The smallest absolute Gasteiger partial charge is 0.247 e. The highest BCUT2D eigenvalue weighted by Gasteiger charge is 2.41. The number of hydrazone groups is 1. The molecule has 22 nitrogen and oxygen atoms in total. The Labute approximate surface area is 516 Å². The Kier molecular flexibility index (Phi) is 30.8. The number of anilines is 2. The van der Waals surface area contributed by atoms with Gasteiger partial charge in [0.2, 0.25) is 24.1 Å². The molecule has 7 rings (SSSR count). The van der Waals surface area contributed by atoms with Crippen molar-refractivity contribution in [2.45, 2.75) is 70.0 Å². The van der Waals surface area contributed by atoms with E-state index in [0.29, 0.717) is 115 Å². The lowest BCUT2D eigenvalue weighted by molar-refractivity contribution is -0.141. The molecule has 5 N–H and O–H groups in total. The summed E-state index contributed by atoms with van der Waals surface area (Å²) in [6.45, 7) is 10.1. The second kappa shape index (κ2) is 39.2. The van der Waals surface area contributed by atoms with E-state index in [1.807, 2.05) is 90.1 Å². The number of aromatic nitrogens is 1. The van der Waals surface area contributed by atoms with Crippen LogP contribution in [0.4, 0.5) is 10.8 Å². The minimum Gasteiger partial charge on any atom is -0.497 e. The summed E-state index contributed by atoms with van der Waals surface area (Å²) >= 11 is 1.54. The van der Waals surface area contributed by atoms with Gasteiger partial charge in [-0.05, 0) is 130 Å². The number of unbranched alkanes of at least 4 members (excludes halogenated alkanes) is 1. The van der Waals surface area contributed by atoms with Gasteiger partial charge in [-0.15, -0.1) is 11.3 Å². The van der Waals surface area contributed by atoms with Gasteiger partial charge in [0, 0.05) is 82.5 Å². The molecule has 1 saturated carbocycles. The van der Waals surface area contributed by atoms with Crippen LogP contribution >= 0.6 is 11.3 Å². The number of carbonyl (C=O) groups is 4. The molecule has 2 fully saturated rings. The minimum atomic E-state index is -0.765. The molecule has 4 aromatic carbocycles. The van der Waals surface area contributed by atoms with E-state index in [1.54, 1.807) is 49.6 Å². The quantitative estimate of drug-likeness (QED) is 0.0105. The van der Waals surface area contributed by atoms with Crippen molar-refractivity contribution in [1.29, 1.82) is 0 Å². The monoisotopic (exact) mass is 1220 g/mol. The van der Waals surface area contributed by atoms with Crippen LogP contribution in [0.15, 0.2) is 113 Å². The third-order valence-corrected chi connectivity index (χ3v) is 15.3. The van der Waals surface area contributed by atoms with Gasteiger partial charge in [0.1, 0.15) is 35.6 Å². The number of ether oxygens (including phenoxy) is 7. The molecule has 1 aromatic heterocycles. The molecule has 0 radical (unpaired) electrons. The van der Waals surface area contributed by atoms with Gasteiger partial charge in [-0.25, -0.2) is 4.98 Å². The number of amides is 4. The van der Waals surface area contributed by atoms with Crippen molar-refractivity contribution >= 4 is 58.2 Å². The van der Waals surface area contributed by atoms with Crippen molar-refractivity contribution < 1.29 is 52.3 Å². The molecule has 0 bridgehead atoms. The van der Waals surface area contributed by atoms with Gasteiger partial charge in [-0.2, -0.15) is 5.10 Å². The number of aliphatic imine (C=N–C) groups is 1. The number of aryl methyl sites for hydroxylation is 1. The zero-order valence-corrected chi connectivity index (χ0v) is 52.0. The number of hydrogen-bond acceptors (Lipinski definition) is 19. The van der Waals surface area contributed by atoms with Gasteiger partial charge in [0.15, 0.2) is 5.13 Å². The fourth-order valence-corrected chi connectivity index (χ4v) is 9.78. The van der Waals surface area contributed by atoms with Crippen LogP contribution in [-0.4, -0.2) is 201 Å². The van der Waals surface area contributed by atoms with Crippen LogP contribution in [0.1, 0.15) is 67.0 Å². The standard InChI is InChI=1S/C53H71N7O10.C11H18N4OS/c1-59(29-33-68-35-34-66-31-26-45(58-54)39-55-27-32-67-36-37-70-50-23-13-44(14-24-50)57-40-61)28-4-5-30-69-49-19-6-41(7-20-49)10-25-51(62)60(46-15-16-46)52(43-11-21-48(65-3)22-12-43)53(63)56-38-42-8-17-47(64-2)18-9-42;1-12-11-13-9(8-17-11)7-10(16)15-5-3-14(2)4-6-15/h6-9,11-14,17-24,39-40,46,52H,4-5,10,15-16,25-38,54H2,1-3H3,(H,56,63)(H,57,61);8H,3-7H2,1-2H3,(H,12,13)/b55-39?,58-45-;. The molecule has 472 valence electrons. The second-order valence-corrected chi connectivity index (χ2v) is 21.8. The first-order chi connectivity index (χ1) is 42.5. The molecule has 87 heavy (non-hydrogen) atoms. The minimum absolute atomic E-state index is 0.0147. The lowest BCUT2D eigenvalue weighted by Gasteiger charge is -2.32.